The smallest absolute Gasteiger partial charge is 0.241 e. The number of hydrogen-bond acceptors (Lipinski definition) is 6. The van der Waals surface area contributed by atoms with Gasteiger partial charge in [-0.15, -0.1) is 0 Å². The predicted octanol–water partition coefficient (Wildman–Crippen LogP) is 2.00. The number of sulfonamides is 1. The zero-order valence-electron chi connectivity index (χ0n) is 13.7. The topological polar surface area (TPSA) is 87.2 Å². The molecule has 0 bridgehead atoms. The van der Waals surface area contributed by atoms with Gasteiger partial charge in [-0.3, -0.25) is 0 Å². The number of aromatic nitrogens is 2. The van der Waals surface area contributed by atoms with Gasteiger partial charge in [0.2, 0.25) is 16.0 Å². The number of nitrogens with one attached hydrogen (secondary N) is 2. The van der Waals surface area contributed by atoms with Crippen LogP contribution in [-0.2, 0) is 10.0 Å². The summed E-state index contributed by atoms with van der Waals surface area (Å²) in [5, 5.41) is 3.03. The minimum atomic E-state index is -3.56. The number of halogens is 1. The van der Waals surface area contributed by atoms with Gasteiger partial charge in [0.05, 0.1) is 4.90 Å². The van der Waals surface area contributed by atoms with E-state index in [-0.39, 0.29) is 11.4 Å². The second-order valence-electron chi connectivity index (χ2n) is 5.34. The molecule has 0 saturated carbocycles. The third-order valence-corrected chi connectivity index (χ3v) is 5.60. The molecule has 2 N–H and O–H groups in total. The molecule has 0 aliphatic rings. The van der Waals surface area contributed by atoms with Crippen LogP contribution < -0.4 is 14.9 Å². The van der Waals surface area contributed by atoms with E-state index in [0.29, 0.717) is 17.0 Å². The van der Waals surface area contributed by atoms with Crippen LogP contribution in [-0.4, -0.2) is 45.6 Å². The van der Waals surface area contributed by atoms with Crippen molar-refractivity contribution in [3.05, 3.63) is 40.5 Å². The van der Waals surface area contributed by atoms with Crippen LogP contribution in [0.5, 0.6) is 0 Å². The van der Waals surface area contributed by atoms with Gasteiger partial charge in [-0.25, -0.2) is 18.1 Å². The molecule has 7 nitrogen and oxygen atoms in total. The third-order valence-electron chi connectivity index (χ3n) is 3.13. The van der Waals surface area contributed by atoms with Gasteiger partial charge < -0.3 is 10.2 Å². The minimum Gasteiger partial charge on any atom is -0.363 e. The van der Waals surface area contributed by atoms with Gasteiger partial charge in [-0.2, -0.15) is 4.98 Å². The van der Waals surface area contributed by atoms with Crippen LogP contribution in [0, 0.1) is 6.92 Å². The molecule has 0 unspecified atom stereocenters. The summed E-state index contributed by atoms with van der Waals surface area (Å²) in [4.78, 5) is 10.7. The van der Waals surface area contributed by atoms with Crippen molar-refractivity contribution < 1.29 is 8.42 Å². The van der Waals surface area contributed by atoms with Crippen molar-refractivity contribution in [3.63, 3.8) is 0 Å². The van der Waals surface area contributed by atoms with Crippen LogP contribution >= 0.6 is 15.9 Å². The summed E-state index contributed by atoms with van der Waals surface area (Å²) in [6, 6.07) is 8.56. The number of nitrogens with zero attached hydrogens (tertiary/aromatic N) is 3. The molecule has 0 fully saturated rings. The number of benzene rings is 1. The van der Waals surface area contributed by atoms with Gasteiger partial charge >= 0.3 is 0 Å². The van der Waals surface area contributed by atoms with Crippen molar-refractivity contribution >= 4 is 37.7 Å². The Hall–Kier alpha value is -1.71. The minimum absolute atomic E-state index is 0.215. The first-order valence-electron chi connectivity index (χ1n) is 7.30. The zero-order chi connectivity index (χ0) is 17.7. The van der Waals surface area contributed by atoms with E-state index in [1.807, 2.05) is 32.0 Å². The molecule has 1 heterocycles. The standard InChI is InChI=1S/C15H20BrN5O2S/c1-11-10-14(21(2)3)20-15(19-11)17-8-9-18-24(22,23)13-7-5-4-6-12(13)16/h4-7,10,18H,8-9H2,1-3H3,(H,17,19,20). The average molecular weight is 414 g/mol. The fourth-order valence-corrected chi connectivity index (χ4v) is 3.99. The van der Waals surface area contributed by atoms with E-state index in [4.69, 9.17) is 0 Å². The molecule has 0 aliphatic heterocycles. The molecular weight excluding hydrogens is 394 g/mol. The molecule has 1 aromatic carbocycles. The van der Waals surface area contributed by atoms with Crippen LogP contribution in [0.4, 0.5) is 11.8 Å². The molecule has 130 valence electrons. The molecule has 24 heavy (non-hydrogen) atoms. The molecule has 2 aromatic rings. The maximum absolute atomic E-state index is 12.3. The van der Waals surface area contributed by atoms with Crippen molar-refractivity contribution in [1.82, 2.24) is 14.7 Å². The molecule has 2 rings (SSSR count). The third kappa shape index (κ3) is 4.89. The zero-order valence-corrected chi connectivity index (χ0v) is 16.1. The number of hydrogen-bond donors (Lipinski definition) is 2. The van der Waals surface area contributed by atoms with Crippen LogP contribution in [0.3, 0.4) is 0 Å². The summed E-state index contributed by atoms with van der Waals surface area (Å²) in [6.45, 7) is 2.48. The normalized spacial score (nSPS) is 11.3. The van der Waals surface area contributed by atoms with Gasteiger partial charge in [0.1, 0.15) is 5.82 Å². The highest BCUT2D eigenvalue weighted by atomic mass is 79.9. The lowest BCUT2D eigenvalue weighted by atomic mass is 10.4. The number of anilines is 2. The van der Waals surface area contributed by atoms with E-state index in [1.165, 1.54) is 0 Å². The van der Waals surface area contributed by atoms with E-state index in [2.05, 4.69) is 35.9 Å². The van der Waals surface area contributed by atoms with Gasteiger partial charge in [-0.05, 0) is 35.0 Å². The molecule has 0 spiro atoms. The van der Waals surface area contributed by atoms with Crippen LogP contribution in [0.25, 0.3) is 0 Å². The van der Waals surface area contributed by atoms with Crippen LogP contribution in [0.1, 0.15) is 5.69 Å². The monoisotopic (exact) mass is 413 g/mol. The fourth-order valence-electron chi connectivity index (χ4n) is 1.96. The van der Waals surface area contributed by atoms with E-state index in [9.17, 15) is 8.42 Å². The molecule has 0 amide bonds. The molecule has 0 aliphatic carbocycles. The van der Waals surface area contributed by atoms with E-state index < -0.39 is 10.0 Å². The van der Waals surface area contributed by atoms with Gasteiger partial charge in [0.15, 0.2) is 0 Å². The fraction of sp³-hybridized carbons (Fsp3) is 0.333. The first-order chi connectivity index (χ1) is 11.3. The maximum atomic E-state index is 12.3. The summed E-state index contributed by atoms with van der Waals surface area (Å²) >= 11 is 3.25. The average Bonchev–Trinajstić information content (AvgIpc) is 2.51. The maximum Gasteiger partial charge on any atom is 0.241 e. The predicted molar refractivity (Wildman–Crippen MR) is 98.9 cm³/mol. The Labute approximate surface area is 150 Å². The molecule has 0 atom stereocenters. The van der Waals surface area contributed by atoms with E-state index >= 15 is 0 Å². The molecular formula is C15H20BrN5O2S. The Kier molecular flexibility index (Phi) is 6.14. The number of rotatable bonds is 7. The van der Waals surface area contributed by atoms with Gasteiger partial charge in [0.25, 0.3) is 0 Å². The molecule has 9 heteroatoms. The summed E-state index contributed by atoms with van der Waals surface area (Å²) in [5.41, 5.74) is 0.838. The Morgan fingerprint density at radius 2 is 1.88 bits per heavy atom. The first kappa shape index (κ1) is 18.6. The van der Waals surface area contributed by atoms with Crippen molar-refractivity contribution in [1.29, 1.82) is 0 Å². The highest BCUT2D eigenvalue weighted by Crippen LogP contribution is 2.20. The first-order valence-corrected chi connectivity index (χ1v) is 9.58. The van der Waals surface area contributed by atoms with Crippen molar-refractivity contribution in [2.45, 2.75) is 11.8 Å². The Bertz CT molecular complexity index is 811. The summed E-state index contributed by atoms with van der Waals surface area (Å²) in [7, 11) is 0.239. The van der Waals surface area contributed by atoms with Crippen molar-refractivity contribution in [3.8, 4) is 0 Å². The van der Waals surface area contributed by atoms with Crippen molar-refractivity contribution in [2.75, 3.05) is 37.4 Å². The lowest BCUT2D eigenvalue weighted by Gasteiger charge is -2.14. The Morgan fingerprint density at radius 3 is 2.54 bits per heavy atom. The lowest BCUT2D eigenvalue weighted by molar-refractivity contribution is 0.582. The Morgan fingerprint density at radius 1 is 1.17 bits per heavy atom. The molecule has 0 radical (unpaired) electrons. The quantitative estimate of drug-likeness (QED) is 0.674. The van der Waals surface area contributed by atoms with E-state index in [1.54, 1.807) is 24.3 Å². The SMILES string of the molecule is Cc1cc(N(C)C)nc(NCCNS(=O)(=O)c2ccccc2Br)n1. The largest absolute Gasteiger partial charge is 0.363 e. The van der Waals surface area contributed by atoms with Crippen LogP contribution in [0.15, 0.2) is 39.7 Å². The van der Waals surface area contributed by atoms with Gasteiger partial charge in [-0.1, -0.05) is 12.1 Å². The second kappa shape index (κ2) is 7.91. The lowest BCUT2D eigenvalue weighted by Crippen LogP contribution is -2.29. The molecule has 1 aromatic heterocycles. The van der Waals surface area contributed by atoms with Crippen LogP contribution in [0.2, 0.25) is 0 Å². The highest BCUT2D eigenvalue weighted by Gasteiger charge is 2.16. The summed E-state index contributed by atoms with van der Waals surface area (Å²) in [5.74, 6) is 1.26. The van der Waals surface area contributed by atoms with Gasteiger partial charge in [0, 0.05) is 43.4 Å². The highest BCUT2D eigenvalue weighted by molar-refractivity contribution is 9.10. The van der Waals surface area contributed by atoms with E-state index in [0.717, 1.165) is 11.5 Å². The summed E-state index contributed by atoms with van der Waals surface area (Å²) < 4.78 is 27.6. The second-order valence-corrected chi connectivity index (χ2v) is 7.93. The number of aryl methyl sites for hydroxylation is 1. The van der Waals surface area contributed by atoms with Crippen molar-refractivity contribution in [2.24, 2.45) is 0 Å². The summed E-state index contributed by atoms with van der Waals surface area (Å²) in [6.07, 6.45) is 0. The molecule has 0 saturated heterocycles. The Balaban J connectivity index is 1.95.